The number of ether oxygens (including phenoxy) is 1. The molecule has 1 rings (SSSR count). The lowest BCUT2D eigenvalue weighted by Crippen LogP contribution is -2.20. The molecule has 0 saturated carbocycles. The molecule has 0 saturated heterocycles. The molecule has 0 bridgehead atoms. The van der Waals surface area contributed by atoms with Crippen LogP contribution in [0.25, 0.3) is 0 Å². The summed E-state index contributed by atoms with van der Waals surface area (Å²) in [5.74, 6) is 0.575. The molecule has 1 atom stereocenters. The Hall–Kier alpha value is -1.09. The highest BCUT2D eigenvalue weighted by atomic mass is 19.1. The van der Waals surface area contributed by atoms with Crippen molar-refractivity contribution in [2.75, 3.05) is 13.7 Å². The van der Waals surface area contributed by atoms with Crippen molar-refractivity contribution in [2.24, 2.45) is 0 Å². The van der Waals surface area contributed by atoms with E-state index in [1.54, 1.807) is 19.1 Å². The first-order chi connectivity index (χ1) is 8.13. The smallest absolute Gasteiger partial charge is 0.126 e. The summed E-state index contributed by atoms with van der Waals surface area (Å²) < 4.78 is 18.6. The Balaban J connectivity index is 2.20. The van der Waals surface area contributed by atoms with Crippen LogP contribution in [0, 0.1) is 12.7 Å². The van der Waals surface area contributed by atoms with Gasteiger partial charge in [0.25, 0.3) is 0 Å². The molecule has 0 aliphatic carbocycles. The van der Waals surface area contributed by atoms with Gasteiger partial charge < -0.3 is 10.1 Å². The van der Waals surface area contributed by atoms with Crippen molar-refractivity contribution in [3.8, 4) is 5.75 Å². The number of hydrogen-bond donors (Lipinski definition) is 1. The normalized spacial score (nSPS) is 12.5. The fourth-order valence-corrected chi connectivity index (χ4v) is 1.59. The maximum Gasteiger partial charge on any atom is 0.126 e. The van der Waals surface area contributed by atoms with Gasteiger partial charge >= 0.3 is 0 Å². The third-order valence-electron chi connectivity index (χ3n) is 2.92. The monoisotopic (exact) mass is 239 g/mol. The third-order valence-corrected chi connectivity index (χ3v) is 2.92. The fraction of sp³-hybridized carbons (Fsp3) is 0.571. The van der Waals surface area contributed by atoms with Crippen molar-refractivity contribution < 1.29 is 9.13 Å². The van der Waals surface area contributed by atoms with Gasteiger partial charge in [-0.1, -0.05) is 0 Å². The zero-order valence-electron chi connectivity index (χ0n) is 10.9. The summed E-state index contributed by atoms with van der Waals surface area (Å²) in [6.07, 6.45) is 3.33. The summed E-state index contributed by atoms with van der Waals surface area (Å²) in [6, 6.07) is 5.43. The Bertz CT molecular complexity index is 341. The van der Waals surface area contributed by atoms with Gasteiger partial charge in [0.15, 0.2) is 0 Å². The Morgan fingerprint density at radius 1 is 1.35 bits per heavy atom. The summed E-state index contributed by atoms with van der Waals surface area (Å²) in [5.41, 5.74) is 0.631. The number of hydrogen-bond acceptors (Lipinski definition) is 2. The SMILES string of the molecule is CNC(C)CCCCOc1ccc(F)c(C)c1. The number of rotatable bonds is 7. The molecule has 0 spiro atoms. The minimum absolute atomic E-state index is 0.180. The third kappa shape index (κ3) is 5.18. The molecule has 1 unspecified atom stereocenters. The highest BCUT2D eigenvalue weighted by molar-refractivity contribution is 5.28. The number of unbranched alkanes of at least 4 members (excludes halogenated alkanes) is 1. The molecule has 2 nitrogen and oxygen atoms in total. The molecule has 1 N–H and O–H groups in total. The lowest BCUT2D eigenvalue weighted by atomic mass is 10.1. The van der Waals surface area contributed by atoms with Crippen molar-refractivity contribution in [3.63, 3.8) is 0 Å². The van der Waals surface area contributed by atoms with Crippen LogP contribution in [0.5, 0.6) is 5.75 Å². The van der Waals surface area contributed by atoms with E-state index in [0.717, 1.165) is 25.0 Å². The molecule has 17 heavy (non-hydrogen) atoms. The van der Waals surface area contributed by atoms with Crippen molar-refractivity contribution in [2.45, 2.75) is 39.2 Å². The topological polar surface area (TPSA) is 21.3 Å². The second kappa shape index (κ2) is 7.28. The van der Waals surface area contributed by atoms with Crippen LogP contribution in [0.3, 0.4) is 0 Å². The molecule has 0 aliphatic rings. The Morgan fingerprint density at radius 2 is 2.12 bits per heavy atom. The second-order valence-electron chi connectivity index (χ2n) is 4.44. The van der Waals surface area contributed by atoms with E-state index in [0.29, 0.717) is 18.2 Å². The molecule has 0 heterocycles. The molecule has 0 radical (unpaired) electrons. The van der Waals surface area contributed by atoms with E-state index in [2.05, 4.69) is 12.2 Å². The van der Waals surface area contributed by atoms with Crippen molar-refractivity contribution in [3.05, 3.63) is 29.6 Å². The molecular formula is C14H22FNO. The van der Waals surface area contributed by atoms with E-state index < -0.39 is 0 Å². The van der Waals surface area contributed by atoms with E-state index in [1.165, 1.54) is 6.07 Å². The van der Waals surface area contributed by atoms with E-state index in [1.807, 2.05) is 7.05 Å². The van der Waals surface area contributed by atoms with Gasteiger partial charge in [-0.25, -0.2) is 4.39 Å². The first-order valence-corrected chi connectivity index (χ1v) is 6.19. The van der Waals surface area contributed by atoms with Crippen LogP contribution in [0.4, 0.5) is 4.39 Å². The van der Waals surface area contributed by atoms with Crippen molar-refractivity contribution in [1.82, 2.24) is 5.32 Å². The molecule has 1 aromatic rings. The van der Waals surface area contributed by atoms with Gasteiger partial charge in [-0.15, -0.1) is 0 Å². The van der Waals surface area contributed by atoms with Gasteiger partial charge in [0.1, 0.15) is 11.6 Å². The quantitative estimate of drug-likeness (QED) is 0.737. The predicted molar refractivity (Wildman–Crippen MR) is 69.0 cm³/mol. The van der Waals surface area contributed by atoms with Crippen LogP contribution in [-0.4, -0.2) is 19.7 Å². The van der Waals surface area contributed by atoms with E-state index in [9.17, 15) is 4.39 Å². The van der Waals surface area contributed by atoms with Crippen molar-refractivity contribution >= 4 is 0 Å². The average molecular weight is 239 g/mol. The van der Waals surface area contributed by atoms with Crippen LogP contribution in [0.1, 0.15) is 31.7 Å². The first-order valence-electron chi connectivity index (χ1n) is 6.19. The van der Waals surface area contributed by atoms with Crippen molar-refractivity contribution in [1.29, 1.82) is 0 Å². The predicted octanol–water partition coefficient (Wildman–Crippen LogP) is 3.29. The average Bonchev–Trinajstić information content (AvgIpc) is 2.33. The summed E-state index contributed by atoms with van der Waals surface area (Å²) >= 11 is 0. The summed E-state index contributed by atoms with van der Waals surface area (Å²) in [5, 5.41) is 3.20. The molecule has 96 valence electrons. The summed E-state index contributed by atoms with van der Waals surface area (Å²) in [6.45, 7) is 4.61. The second-order valence-corrected chi connectivity index (χ2v) is 4.44. The molecule has 3 heteroatoms. The highest BCUT2D eigenvalue weighted by Crippen LogP contribution is 2.16. The van der Waals surface area contributed by atoms with Crippen LogP contribution in [0.2, 0.25) is 0 Å². The Labute approximate surface area is 103 Å². The fourth-order valence-electron chi connectivity index (χ4n) is 1.59. The van der Waals surface area contributed by atoms with Gasteiger partial charge in [0, 0.05) is 6.04 Å². The Morgan fingerprint density at radius 3 is 2.76 bits per heavy atom. The molecule has 1 aromatic carbocycles. The molecule has 0 fully saturated rings. The van der Waals surface area contributed by atoms with Gasteiger partial charge in [-0.2, -0.15) is 0 Å². The maximum absolute atomic E-state index is 13.0. The molecule has 0 amide bonds. The van der Waals surface area contributed by atoms with E-state index >= 15 is 0 Å². The van der Waals surface area contributed by atoms with Gasteiger partial charge in [-0.05, 0) is 63.9 Å². The van der Waals surface area contributed by atoms with Crippen LogP contribution in [0.15, 0.2) is 18.2 Å². The number of halogens is 1. The van der Waals surface area contributed by atoms with Gasteiger partial charge in [0.05, 0.1) is 6.61 Å². The number of aryl methyl sites for hydroxylation is 1. The van der Waals surface area contributed by atoms with E-state index in [4.69, 9.17) is 4.74 Å². The summed E-state index contributed by atoms with van der Waals surface area (Å²) in [7, 11) is 1.97. The van der Waals surface area contributed by atoms with E-state index in [-0.39, 0.29) is 5.82 Å². The highest BCUT2D eigenvalue weighted by Gasteiger charge is 2.00. The minimum Gasteiger partial charge on any atom is -0.494 e. The minimum atomic E-state index is -0.180. The van der Waals surface area contributed by atoms with Crippen LogP contribution < -0.4 is 10.1 Å². The number of benzene rings is 1. The standard InChI is InChI=1S/C14H22FNO/c1-11-10-13(7-8-14(11)15)17-9-5-4-6-12(2)16-3/h7-8,10,12,16H,4-6,9H2,1-3H3. The van der Waals surface area contributed by atoms with Crippen LogP contribution >= 0.6 is 0 Å². The summed E-state index contributed by atoms with van der Waals surface area (Å²) in [4.78, 5) is 0. The lowest BCUT2D eigenvalue weighted by molar-refractivity contribution is 0.301. The number of nitrogens with one attached hydrogen (secondary N) is 1. The molecule has 0 aliphatic heterocycles. The maximum atomic E-state index is 13.0. The first kappa shape index (κ1) is 14.0. The molecule has 0 aromatic heterocycles. The largest absolute Gasteiger partial charge is 0.494 e. The Kier molecular flexibility index (Phi) is 5.98. The zero-order chi connectivity index (χ0) is 12.7. The lowest BCUT2D eigenvalue weighted by Gasteiger charge is -2.10. The zero-order valence-corrected chi connectivity index (χ0v) is 10.9. The van der Waals surface area contributed by atoms with Gasteiger partial charge in [0.2, 0.25) is 0 Å². The van der Waals surface area contributed by atoms with Crippen LogP contribution in [-0.2, 0) is 0 Å². The van der Waals surface area contributed by atoms with Gasteiger partial charge in [-0.3, -0.25) is 0 Å². The molecular weight excluding hydrogens is 217 g/mol.